The van der Waals surface area contributed by atoms with Crippen molar-refractivity contribution in [2.75, 3.05) is 33.4 Å². The first-order valence-corrected chi connectivity index (χ1v) is 14.6. The van der Waals surface area contributed by atoms with E-state index >= 15 is 0 Å². The van der Waals surface area contributed by atoms with Crippen molar-refractivity contribution in [3.8, 4) is 5.75 Å². The van der Waals surface area contributed by atoms with Crippen LogP contribution in [0, 0.1) is 5.92 Å². The van der Waals surface area contributed by atoms with Gasteiger partial charge in [0.2, 0.25) is 0 Å². The number of aromatic carboxylic acids is 1. The maximum atomic E-state index is 13.1. The van der Waals surface area contributed by atoms with E-state index < -0.39 is 48.3 Å². The molecule has 0 bridgehead atoms. The van der Waals surface area contributed by atoms with Gasteiger partial charge in [0.25, 0.3) is 0 Å². The standard InChI is InChI=1S/C24H32BClN4O8.C4H8/c1-4-29-10-11-30(22(33)21(29)32)24(36)28-19(17(26)9-6-12-31)14(2)27-18-13-15-7-5-8-16(23(34)35)20(15)38-25(18)37-3;1-4-2-3-4/h5,7-8,17-19,27,31H,2,4,6,9-13H2,1,3H3,(H,28,36)(H,34,35);4H,2-3H2,1H3. The normalized spacial score (nSPS) is 19.5. The molecular formula is C28H40BClN4O8. The number of nitrogens with one attached hydrogen (secondary N) is 2. The Morgan fingerprint density at radius 1 is 1.26 bits per heavy atom. The lowest BCUT2D eigenvalue weighted by molar-refractivity contribution is -0.153. The maximum Gasteiger partial charge on any atom is 0.549 e. The first kappa shape index (κ1) is 33.2. The van der Waals surface area contributed by atoms with Crippen molar-refractivity contribution in [1.29, 1.82) is 0 Å². The fourth-order valence-corrected chi connectivity index (χ4v) is 5.01. The number of hydrogen-bond acceptors (Lipinski definition) is 8. The van der Waals surface area contributed by atoms with Crippen LogP contribution in [0.25, 0.3) is 0 Å². The zero-order valence-electron chi connectivity index (χ0n) is 24.3. The Labute approximate surface area is 251 Å². The van der Waals surface area contributed by atoms with Gasteiger partial charge < -0.3 is 35.1 Å². The number of piperazine rings is 1. The average Bonchev–Trinajstić information content (AvgIpc) is 3.76. The molecule has 3 aliphatic rings. The molecule has 0 spiro atoms. The van der Waals surface area contributed by atoms with Crippen LogP contribution in [0.4, 0.5) is 4.79 Å². The highest BCUT2D eigenvalue weighted by Gasteiger charge is 2.41. The van der Waals surface area contributed by atoms with E-state index in [1.807, 2.05) is 0 Å². The topological polar surface area (TPSA) is 158 Å². The number of nitrogens with zero attached hydrogens (tertiary/aromatic N) is 2. The van der Waals surface area contributed by atoms with E-state index in [9.17, 15) is 29.4 Å². The number of carboxylic acid groups (broad SMARTS) is 1. The molecule has 3 unspecified atom stereocenters. The molecule has 2 fully saturated rings. The van der Waals surface area contributed by atoms with Gasteiger partial charge in [-0.1, -0.05) is 38.5 Å². The van der Waals surface area contributed by atoms with Crippen molar-refractivity contribution < 1.29 is 38.7 Å². The molecule has 1 saturated carbocycles. The Kier molecular flexibility index (Phi) is 12.1. The van der Waals surface area contributed by atoms with Gasteiger partial charge in [0, 0.05) is 39.0 Å². The molecule has 2 heterocycles. The van der Waals surface area contributed by atoms with Crippen molar-refractivity contribution in [3.05, 3.63) is 41.6 Å². The second-order valence-electron chi connectivity index (χ2n) is 10.6. The molecule has 4 amide bonds. The van der Waals surface area contributed by atoms with Crippen LogP contribution < -0.4 is 15.3 Å². The van der Waals surface area contributed by atoms with Crippen LogP contribution >= 0.6 is 11.6 Å². The quantitative estimate of drug-likeness (QED) is 0.168. The molecule has 2 aliphatic heterocycles. The van der Waals surface area contributed by atoms with Gasteiger partial charge >= 0.3 is 30.9 Å². The number of carboxylic acids is 1. The van der Waals surface area contributed by atoms with Gasteiger partial charge in [0.1, 0.15) is 5.75 Å². The minimum absolute atomic E-state index is 0.0131. The fraction of sp³-hybridized carbons (Fsp3) is 0.571. The molecule has 1 saturated heterocycles. The summed E-state index contributed by atoms with van der Waals surface area (Å²) in [4.78, 5) is 51.7. The van der Waals surface area contributed by atoms with E-state index in [1.165, 1.54) is 30.9 Å². The summed E-state index contributed by atoms with van der Waals surface area (Å²) >= 11 is 6.61. The van der Waals surface area contributed by atoms with Gasteiger partial charge in [-0.05, 0) is 43.7 Å². The zero-order valence-corrected chi connectivity index (χ0v) is 25.1. The number of aliphatic hydroxyl groups excluding tert-OH is 1. The number of alkyl halides is 1. The van der Waals surface area contributed by atoms with Gasteiger partial charge in [-0.15, -0.1) is 11.6 Å². The first-order valence-electron chi connectivity index (χ1n) is 14.2. The fourth-order valence-electron chi connectivity index (χ4n) is 4.64. The lowest BCUT2D eigenvalue weighted by atomic mass is 9.71. The molecule has 0 aromatic heterocycles. The second kappa shape index (κ2) is 15.3. The third-order valence-electron chi connectivity index (χ3n) is 7.39. The van der Waals surface area contributed by atoms with Gasteiger partial charge in [0.05, 0.1) is 22.9 Å². The molecule has 230 valence electrons. The van der Waals surface area contributed by atoms with Crippen LogP contribution in [0.2, 0.25) is 0 Å². The number of aliphatic hydroxyl groups is 1. The van der Waals surface area contributed by atoms with E-state index in [0.29, 0.717) is 31.4 Å². The molecule has 4 N–H and O–H groups in total. The van der Waals surface area contributed by atoms with Gasteiger partial charge in [0.15, 0.2) is 0 Å². The summed E-state index contributed by atoms with van der Waals surface area (Å²) in [5.74, 6) is -2.04. The van der Waals surface area contributed by atoms with E-state index in [2.05, 4.69) is 24.1 Å². The molecular weight excluding hydrogens is 567 g/mol. The van der Waals surface area contributed by atoms with Crippen LogP contribution in [0.5, 0.6) is 5.75 Å². The molecule has 12 nitrogen and oxygen atoms in total. The summed E-state index contributed by atoms with van der Waals surface area (Å²) in [5.41, 5.74) is 0.944. The number of likely N-dealkylation sites (N-methyl/N-ethyl adjacent to an activating group) is 1. The summed E-state index contributed by atoms with van der Waals surface area (Å²) in [6.45, 7) is 8.57. The highest BCUT2D eigenvalue weighted by molar-refractivity contribution is 6.48. The lowest BCUT2D eigenvalue weighted by Crippen LogP contribution is -2.61. The summed E-state index contributed by atoms with van der Waals surface area (Å²) in [6.07, 6.45) is 3.98. The number of urea groups is 1. The molecule has 4 rings (SSSR count). The summed E-state index contributed by atoms with van der Waals surface area (Å²) in [7, 11) is 0.531. The average molecular weight is 607 g/mol. The van der Waals surface area contributed by atoms with Crippen LogP contribution in [0.15, 0.2) is 30.5 Å². The molecule has 1 aromatic rings. The molecule has 0 radical (unpaired) electrons. The number of fused-ring (bicyclic) bond motifs is 1. The number of benzene rings is 1. The minimum Gasteiger partial charge on any atom is -0.534 e. The number of amides is 4. The number of carbonyl (C=O) groups excluding carboxylic acids is 3. The third-order valence-corrected chi connectivity index (χ3v) is 7.86. The van der Waals surface area contributed by atoms with Crippen molar-refractivity contribution in [3.63, 3.8) is 0 Å². The van der Waals surface area contributed by atoms with Crippen LogP contribution in [-0.2, 0) is 20.7 Å². The Morgan fingerprint density at radius 3 is 2.52 bits per heavy atom. The minimum atomic E-state index is -1.13. The summed E-state index contributed by atoms with van der Waals surface area (Å²) < 4.78 is 11.3. The SMILES string of the molecule is C=C(NC1Cc2cccc(C(=O)O)c2OB1OC)C(NC(=O)N1CCN(CC)C(=O)C1=O)C(Cl)CCCO.CC1CC1. The third kappa shape index (κ3) is 8.39. The monoisotopic (exact) mass is 606 g/mol. The Hall–Kier alpha value is -3.29. The predicted molar refractivity (Wildman–Crippen MR) is 157 cm³/mol. The molecule has 14 heteroatoms. The number of halogens is 1. The van der Waals surface area contributed by atoms with Crippen molar-refractivity contribution >= 4 is 42.5 Å². The molecule has 3 atom stereocenters. The smallest absolute Gasteiger partial charge is 0.534 e. The highest BCUT2D eigenvalue weighted by Crippen LogP contribution is 2.31. The van der Waals surface area contributed by atoms with Gasteiger partial charge in [-0.25, -0.2) is 9.59 Å². The van der Waals surface area contributed by atoms with Crippen molar-refractivity contribution in [1.82, 2.24) is 20.4 Å². The largest absolute Gasteiger partial charge is 0.549 e. The maximum absolute atomic E-state index is 13.1. The molecule has 1 aromatic carbocycles. The number of para-hydroxylation sites is 1. The van der Waals surface area contributed by atoms with Crippen LogP contribution in [0.1, 0.15) is 55.5 Å². The highest BCUT2D eigenvalue weighted by atomic mass is 35.5. The van der Waals surface area contributed by atoms with E-state index in [0.717, 1.165) is 10.8 Å². The number of rotatable bonds is 11. The number of hydrogen-bond donors (Lipinski definition) is 4. The van der Waals surface area contributed by atoms with Crippen LogP contribution in [0.3, 0.4) is 0 Å². The second-order valence-corrected chi connectivity index (χ2v) is 11.2. The lowest BCUT2D eigenvalue weighted by Gasteiger charge is -2.36. The van der Waals surface area contributed by atoms with E-state index in [-0.39, 0.29) is 36.7 Å². The predicted octanol–water partition coefficient (Wildman–Crippen LogP) is 2.03. The molecule has 42 heavy (non-hydrogen) atoms. The van der Waals surface area contributed by atoms with E-state index in [4.69, 9.17) is 20.9 Å². The van der Waals surface area contributed by atoms with Gasteiger partial charge in [-0.2, -0.15) is 0 Å². The number of imide groups is 1. The summed E-state index contributed by atoms with van der Waals surface area (Å²) in [6, 6.07) is 3.12. The van der Waals surface area contributed by atoms with Crippen molar-refractivity contribution in [2.24, 2.45) is 5.92 Å². The zero-order chi connectivity index (χ0) is 31.0. The van der Waals surface area contributed by atoms with E-state index in [1.54, 1.807) is 19.1 Å². The Bertz CT molecular complexity index is 1170. The van der Waals surface area contributed by atoms with Gasteiger partial charge in [-0.3, -0.25) is 14.5 Å². The molecule has 1 aliphatic carbocycles. The van der Waals surface area contributed by atoms with Crippen molar-refractivity contribution in [2.45, 2.75) is 63.3 Å². The summed E-state index contributed by atoms with van der Waals surface area (Å²) in [5, 5.41) is 23.9. The Morgan fingerprint density at radius 2 is 1.95 bits per heavy atom. The Balaban J connectivity index is 0.00000111. The van der Waals surface area contributed by atoms with Crippen LogP contribution in [-0.4, -0.2) is 102 Å². The first-order chi connectivity index (χ1) is 20.0. The number of carbonyl (C=O) groups is 4.